The number of rotatable bonds is 6. The number of alkyl halides is 1. The molecule has 1 unspecified atom stereocenters. The molecule has 1 aromatic rings. The molecule has 0 aliphatic heterocycles. The van der Waals surface area contributed by atoms with Crippen molar-refractivity contribution in [2.24, 2.45) is 5.92 Å². The molecule has 0 aromatic heterocycles. The van der Waals surface area contributed by atoms with E-state index < -0.39 is 0 Å². The third kappa shape index (κ3) is 3.60. The maximum Gasteiger partial charge on any atom is 0.292 e. The largest absolute Gasteiger partial charge is 0.369 e. The molecule has 5 heteroatoms. The van der Waals surface area contributed by atoms with Crippen LogP contribution in [0.5, 0.6) is 0 Å². The molecule has 0 fully saturated rings. The van der Waals surface area contributed by atoms with Gasteiger partial charge in [0.25, 0.3) is 5.69 Å². The fraction of sp³-hybridized carbons (Fsp3) is 0.538. The first-order chi connectivity index (χ1) is 8.49. The van der Waals surface area contributed by atoms with Gasteiger partial charge >= 0.3 is 0 Å². The van der Waals surface area contributed by atoms with Crippen molar-refractivity contribution in [3.8, 4) is 0 Å². The first-order valence-electron chi connectivity index (χ1n) is 6.04. The molecule has 100 valence electrons. The lowest BCUT2D eigenvalue weighted by atomic mass is 10.1. The number of nitro benzene ring substituents is 1. The van der Waals surface area contributed by atoms with Crippen molar-refractivity contribution in [1.82, 2.24) is 0 Å². The number of nitro groups is 1. The van der Waals surface area contributed by atoms with Gasteiger partial charge in [-0.05, 0) is 17.5 Å². The molecule has 0 aliphatic carbocycles. The third-order valence-electron chi connectivity index (χ3n) is 3.08. The zero-order chi connectivity index (χ0) is 13.7. The van der Waals surface area contributed by atoms with Crippen molar-refractivity contribution in [3.63, 3.8) is 0 Å². The first-order valence-corrected chi connectivity index (χ1v) is 6.57. The highest BCUT2D eigenvalue weighted by atomic mass is 35.5. The van der Waals surface area contributed by atoms with Crippen molar-refractivity contribution in [2.75, 3.05) is 18.5 Å². The fourth-order valence-corrected chi connectivity index (χ4v) is 1.98. The summed E-state index contributed by atoms with van der Waals surface area (Å²) in [5.41, 5.74) is 1.54. The molecule has 1 rings (SSSR count). The molecular weight excluding hydrogens is 252 g/mol. The SMILES string of the molecule is CCC(C)CN(C)c1ccc(CCl)cc1[N+](=O)[O-]. The lowest BCUT2D eigenvalue weighted by Gasteiger charge is -2.22. The van der Waals surface area contributed by atoms with Gasteiger partial charge in [-0.1, -0.05) is 26.3 Å². The van der Waals surface area contributed by atoms with Gasteiger partial charge in [-0.25, -0.2) is 0 Å². The van der Waals surface area contributed by atoms with Gasteiger partial charge < -0.3 is 4.90 Å². The fourth-order valence-electron chi connectivity index (χ4n) is 1.82. The van der Waals surface area contributed by atoms with Crippen molar-refractivity contribution in [1.29, 1.82) is 0 Å². The van der Waals surface area contributed by atoms with Gasteiger partial charge in [-0.3, -0.25) is 10.1 Å². The number of halogens is 1. The summed E-state index contributed by atoms with van der Waals surface area (Å²) >= 11 is 5.71. The standard InChI is InChI=1S/C13H19ClN2O2/c1-4-10(2)9-15(3)12-6-5-11(8-14)7-13(12)16(17)18/h5-7,10H,4,8-9H2,1-3H3. The summed E-state index contributed by atoms with van der Waals surface area (Å²) in [6.45, 7) is 5.05. The van der Waals surface area contributed by atoms with E-state index in [2.05, 4.69) is 13.8 Å². The van der Waals surface area contributed by atoms with Gasteiger partial charge in [0.2, 0.25) is 0 Å². The topological polar surface area (TPSA) is 46.4 Å². The minimum atomic E-state index is -0.349. The Balaban J connectivity index is 3.03. The normalized spacial score (nSPS) is 12.2. The number of benzene rings is 1. The summed E-state index contributed by atoms with van der Waals surface area (Å²) in [5.74, 6) is 0.790. The number of anilines is 1. The van der Waals surface area contributed by atoms with E-state index in [4.69, 9.17) is 11.6 Å². The van der Waals surface area contributed by atoms with E-state index in [1.165, 1.54) is 0 Å². The predicted octanol–water partition coefficient (Wildman–Crippen LogP) is 3.82. The summed E-state index contributed by atoms with van der Waals surface area (Å²) in [6.07, 6.45) is 1.05. The van der Waals surface area contributed by atoms with E-state index in [-0.39, 0.29) is 16.5 Å². The number of nitrogens with zero attached hydrogens (tertiary/aromatic N) is 2. The summed E-state index contributed by atoms with van der Waals surface area (Å²) < 4.78 is 0. The second-order valence-electron chi connectivity index (χ2n) is 4.61. The van der Waals surface area contributed by atoms with Gasteiger partial charge in [-0.2, -0.15) is 0 Å². The molecule has 0 saturated carbocycles. The van der Waals surface area contributed by atoms with Crippen molar-refractivity contribution < 1.29 is 4.92 Å². The summed E-state index contributed by atoms with van der Waals surface area (Å²) in [4.78, 5) is 12.7. The highest BCUT2D eigenvalue weighted by molar-refractivity contribution is 6.17. The predicted molar refractivity (Wildman–Crippen MR) is 75.4 cm³/mol. The second-order valence-corrected chi connectivity index (χ2v) is 4.88. The van der Waals surface area contributed by atoms with Crippen LogP contribution in [0.3, 0.4) is 0 Å². The average molecular weight is 271 g/mol. The van der Waals surface area contributed by atoms with Crippen LogP contribution in [-0.4, -0.2) is 18.5 Å². The molecule has 4 nitrogen and oxygen atoms in total. The first kappa shape index (κ1) is 14.8. The Hall–Kier alpha value is -1.29. The molecule has 1 aromatic carbocycles. The molecule has 0 saturated heterocycles. The van der Waals surface area contributed by atoms with Gasteiger partial charge in [0.05, 0.1) is 4.92 Å². The van der Waals surface area contributed by atoms with Gasteiger partial charge in [0.15, 0.2) is 0 Å². The molecular formula is C13H19ClN2O2. The lowest BCUT2D eigenvalue weighted by Crippen LogP contribution is -2.24. The lowest BCUT2D eigenvalue weighted by molar-refractivity contribution is -0.384. The molecule has 0 spiro atoms. The monoisotopic (exact) mass is 270 g/mol. The van der Waals surface area contributed by atoms with Crippen molar-refractivity contribution >= 4 is 23.0 Å². The van der Waals surface area contributed by atoms with Crippen LogP contribution in [0.1, 0.15) is 25.8 Å². The van der Waals surface area contributed by atoms with Crippen LogP contribution >= 0.6 is 11.6 Å². The molecule has 18 heavy (non-hydrogen) atoms. The minimum Gasteiger partial charge on any atom is -0.369 e. The quantitative estimate of drug-likeness (QED) is 0.448. The average Bonchev–Trinajstić information content (AvgIpc) is 2.37. The highest BCUT2D eigenvalue weighted by Crippen LogP contribution is 2.29. The Morgan fingerprint density at radius 1 is 1.50 bits per heavy atom. The van der Waals surface area contributed by atoms with Gasteiger partial charge in [0, 0.05) is 25.5 Å². The Labute approximate surface area is 113 Å². The summed E-state index contributed by atoms with van der Waals surface area (Å²) in [6, 6.07) is 5.16. The van der Waals surface area contributed by atoms with Gasteiger partial charge in [0.1, 0.15) is 5.69 Å². The van der Waals surface area contributed by atoms with Crippen LogP contribution in [0.2, 0.25) is 0 Å². The maximum absolute atomic E-state index is 11.1. The zero-order valence-corrected chi connectivity index (χ0v) is 11.8. The van der Waals surface area contributed by atoms with Crippen LogP contribution in [-0.2, 0) is 5.88 Å². The molecule has 0 bridgehead atoms. The Morgan fingerprint density at radius 3 is 2.67 bits per heavy atom. The number of hydrogen-bond acceptors (Lipinski definition) is 3. The Morgan fingerprint density at radius 2 is 2.17 bits per heavy atom. The summed E-state index contributed by atoms with van der Waals surface area (Å²) in [5, 5.41) is 11.1. The summed E-state index contributed by atoms with van der Waals surface area (Å²) in [7, 11) is 1.88. The molecule has 0 amide bonds. The molecule has 0 N–H and O–H groups in total. The smallest absolute Gasteiger partial charge is 0.292 e. The van der Waals surface area contributed by atoms with Crippen molar-refractivity contribution in [3.05, 3.63) is 33.9 Å². The Kier molecular flexibility index (Phi) is 5.41. The van der Waals surface area contributed by atoms with Crippen LogP contribution in [0.4, 0.5) is 11.4 Å². The van der Waals surface area contributed by atoms with Crippen LogP contribution in [0.15, 0.2) is 18.2 Å². The van der Waals surface area contributed by atoms with E-state index in [1.807, 2.05) is 18.0 Å². The van der Waals surface area contributed by atoms with Crippen LogP contribution < -0.4 is 4.90 Å². The third-order valence-corrected chi connectivity index (χ3v) is 3.39. The van der Waals surface area contributed by atoms with E-state index in [0.717, 1.165) is 18.5 Å². The van der Waals surface area contributed by atoms with Crippen LogP contribution in [0, 0.1) is 16.0 Å². The van der Waals surface area contributed by atoms with Crippen molar-refractivity contribution in [2.45, 2.75) is 26.1 Å². The van der Waals surface area contributed by atoms with E-state index in [1.54, 1.807) is 12.1 Å². The highest BCUT2D eigenvalue weighted by Gasteiger charge is 2.18. The molecule has 0 aliphatic rings. The van der Waals surface area contributed by atoms with E-state index in [0.29, 0.717) is 11.6 Å². The Bertz CT molecular complexity index is 423. The van der Waals surface area contributed by atoms with Crippen LogP contribution in [0.25, 0.3) is 0 Å². The molecule has 0 heterocycles. The molecule has 1 atom stereocenters. The van der Waals surface area contributed by atoms with E-state index in [9.17, 15) is 10.1 Å². The van der Waals surface area contributed by atoms with Gasteiger partial charge in [-0.15, -0.1) is 11.6 Å². The molecule has 0 radical (unpaired) electrons. The second kappa shape index (κ2) is 6.59. The zero-order valence-electron chi connectivity index (χ0n) is 11.0. The maximum atomic E-state index is 11.1. The number of hydrogen-bond donors (Lipinski definition) is 0. The minimum absolute atomic E-state index is 0.124. The van der Waals surface area contributed by atoms with E-state index >= 15 is 0 Å².